The maximum atomic E-state index is 12.7. The Morgan fingerprint density at radius 1 is 1.11 bits per heavy atom. The van der Waals surface area contributed by atoms with Crippen molar-refractivity contribution in [3.05, 3.63) is 46.8 Å². The fraction of sp³-hybridized carbons (Fsp3) is 0.231. The van der Waals surface area contributed by atoms with Crippen LogP contribution >= 0.6 is 22.9 Å². The average Bonchev–Trinajstić information content (AvgIpc) is 2.77. The van der Waals surface area contributed by atoms with Gasteiger partial charge in [0.15, 0.2) is 0 Å². The van der Waals surface area contributed by atoms with Crippen LogP contribution in [-0.2, 0) is 10.0 Å². The molecule has 102 valence electrons. The molecule has 3 nitrogen and oxygen atoms in total. The fourth-order valence-corrected chi connectivity index (χ4v) is 5.06. The third-order valence-electron chi connectivity index (χ3n) is 2.54. The zero-order chi connectivity index (χ0) is 14.0. The number of para-hydroxylation sites is 1. The van der Waals surface area contributed by atoms with E-state index >= 15 is 0 Å². The molecule has 0 atom stereocenters. The third kappa shape index (κ3) is 2.94. The van der Waals surface area contributed by atoms with E-state index in [9.17, 15) is 8.42 Å². The summed E-state index contributed by atoms with van der Waals surface area (Å²) in [6, 6.07) is 12.0. The lowest BCUT2D eigenvalue weighted by molar-refractivity contribution is 0.586. The topological polar surface area (TPSA) is 37.4 Å². The van der Waals surface area contributed by atoms with Gasteiger partial charge >= 0.3 is 0 Å². The maximum Gasteiger partial charge on any atom is 0.274 e. The van der Waals surface area contributed by atoms with Crippen LogP contribution in [-0.4, -0.2) is 14.5 Å². The molecule has 2 rings (SSSR count). The summed E-state index contributed by atoms with van der Waals surface area (Å²) in [5.74, 6) is 0. The number of anilines is 1. The molecule has 0 spiro atoms. The molecular weight excluding hydrogens is 302 g/mol. The van der Waals surface area contributed by atoms with E-state index in [-0.39, 0.29) is 10.3 Å². The van der Waals surface area contributed by atoms with Gasteiger partial charge in [-0.05, 0) is 38.1 Å². The standard InChI is InChI=1S/C13H14ClNO2S2/c1-10(2)15(11-6-4-3-5-7-11)19(16,17)13-9-8-12(14)18-13/h3-10H,1-2H3. The van der Waals surface area contributed by atoms with Gasteiger partial charge < -0.3 is 0 Å². The van der Waals surface area contributed by atoms with Crippen LogP contribution in [0.1, 0.15) is 13.8 Å². The van der Waals surface area contributed by atoms with Gasteiger partial charge in [-0.2, -0.15) is 0 Å². The highest BCUT2D eigenvalue weighted by Crippen LogP contribution is 2.31. The smallest absolute Gasteiger partial charge is 0.263 e. The molecule has 0 fully saturated rings. The second-order valence-electron chi connectivity index (χ2n) is 4.29. The van der Waals surface area contributed by atoms with Crippen molar-refractivity contribution in [1.29, 1.82) is 0 Å². The first-order chi connectivity index (χ1) is 8.93. The van der Waals surface area contributed by atoms with Crippen molar-refractivity contribution in [2.75, 3.05) is 4.31 Å². The van der Waals surface area contributed by atoms with Crippen LogP contribution in [0.4, 0.5) is 5.69 Å². The van der Waals surface area contributed by atoms with E-state index in [4.69, 9.17) is 11.6 Å². The van der Waals surface area contributed by atoms with Gasteiger partial charge in [0.25, 0.3) is 10.0 Å². The molecule has 0 amide bonds. The van der Waals surface area contributed by atoms with Crippen LogP contribution in [0.15, 0.2) is 46.7 Å². The van der Waals surface area contributed by atoms with E-state index in [0.29, 0.717) is 10.0 Å². The minimum atomic E-state index is -3.57. The molecule has 0 aliphatic heterocycles. The van der Waals surface area contributed by atoms with Crippen LogP contribution in [0.2, 0.25) is 4.34 Å². The summed E-state index contributed by atoms with van der Waals surface area (Å²) >= 11 is 6.90. The molecular formula is C13H14ClNO2S2. The molecule has 0 bridgehead atoms. The van der Waals surface area contributed by atoms with Gasteiger partial charge in [-0.1, -0.05) is 29.8 Å². The molecule has 0 N–H and O–H groups in total. The molecule has 0 aliphatic carbocycles. The summed E-state index contributed by atoms with van der Waals surface area (Å²) in [7, 11) is -3.57. The molecule has 1 aromatic carbocycles. The molecule has 0 saturated carbocycles. The quantitative estimate of drug-likeness (QED) is 0.855. The number of halogens is 1. The van der Waals surface area contributed by atoms with E-state index in [1.165, 1.54) is 4.31 Å². The Labute approximate surface area is 122 Å². The molecule has 0 saturated heterocycles. The fourth-order valence-electron chi connectivity index (χ4n) is 1.82. The second kappa shape index (κ2) is 5.53. The number of benzene rings is 1. The van der Waals surface area contributed by atoms with Gasteiger partial charge in [0.1, 0.15) is 4.21 Å². The highest BCUT2D eigenvalue weighted by molar-refractivity contribution is 7.94. The van der Waals surface area contributed by atoms with Gasteiger partial charge in [-0.25, -0.2) is 8.42 Å². The van der Waals surface area contributed by atoms with Crippen molar-refractivity contribution < 1.29 is 8.42 Å². The highest BCUT2D eigenvalue weighted by atomic mass is 35.5. The van der Waals surface area contributed by atoms with Gasteiger partial charge in [0, 0.05) is 6.04 Å². The number of thiophene rings is 1. The van der Waals surface area contributed by atoms with Crippen molar-refractivity contribution in [1.82, 2.24) is 0 Å². The number of nitrogens with zero attached hydrogens (tertiary/aromatic N) is 1. The first-order valence-corrected chi connectivity index (χ1v) is 8.41. The van der Waals surface area contributed by atoms with Crippen molar-refractivity contribution in [2.45, 2.75) is 24.1 Å². The predicted octanol–water partition coefficient (Wildman–Crippen LogP) is 4.01. The molecule has 19 heavy (non-hydrogen) atoms. The second-order valence-corrected chi connectivity index (χ2v) is 8.05. The van der Waals surface area contributed by atoms with E-state index < -0.39 is 10.0 Å². The molecule has 1 aromatic heterocycles. The molecule has 0 unspecified atom stereocenters. The predicted molar refractivity (Wildman–Crippen MR) is 80.6 cm³/mol. The summed E-state index contributed by atoms with van der Waals surface area (Å²) in [6.45, 7) is 3.69. The maximum absolute atomic E-state index is 12.7. The van der Waals surface area contributed by atoms with Crippen LogP contribution in [0, 0.1) is 0 Å². The largest absolute Gasteiger partial charge is 0.274 e. The lowest BCUT2D eigenvalue weighted by atomic mass is 10.3. The Kier molecular flexibility index (Phi) is 4.18. The zero-order valence-corrected chi connectivity index (χ0v) is 13.0. The summed E-state index contributed by atoms with van der Waals surface area (Å²) in [5.41, 5.74) is 0.655. The number of hydrogen-bond donors (Lipinski definition) is 0. The van der Waals surface area contributed by atoms with Crippen LogP contribution < -0.4 is 4.31 Å². The van der Waals surface area contributed by atoms with E-state index in [1.54, 1.807) is 24.3 Å². The van der Waals surface area contributed by atoms with Gasteiger partial charge in [-0.3, -0.25) is 4.31 Å². The monoisotopic (exact) mass is 315 g/mol. The van der Waals surface area contributed by atoms with Gasteiger partial charge in [-0.15, -0.1) is 11.3 Å². The van der Waals surface area contributed by atoms with E-state index in [0.717, 1.165) is 11.3 Å². The van der Waals surface area contributed by atoms with Crippen LogP contribution in [0.25, 0.3) is 0 Å². The molecule has 1 heterocycles. The Balaban J connectivity index is 2.51. The summed E-state index contributed by atoms with van der Waals surface area (Å²) < 4.78 is 27.5. The SMILES string of the molecule is CC(C)N(c1ccccc1)S(=O)(=O)c1ccc(Cl)s1. The van der Waals surface area contributed by atoms with Crippen molar-refractivity contribution in [3.8, 4) is 0 Å². The van der Waals surface area contributed by atoms with Crippen molar-refractivity contribution in [2.24, 2.45) is 0 Å². The summed E-state index contributed by atoms with van der Waals surface area (Å²) in [6.07, 6.45) is 0. The Morgan fingerprint density at radius 2 is 1.74 bits per heavy atom. The Bertz CT molecular complexity index is 650. The Morgan fingerprint density at radius 3 is 2.21 bits per heavy atom. The zero-order valence-electron chi connectivity index (χ0n) is 10.6. The summed E-state index contributed by atoms with van der Waals surface area (Å²) in [4.78, 5) is 0. The van der Waals surface area contributed by atoms with Crippen molar-refractivity contribution >= 4 is 38.6 Å². The normalized spacial score (nSPS) is 11.8. The summed E-state index contributed by atoms with van der Waals surface area (Å²) in [5, 5.41) is 0. The lowest BCUT2D eigenvalue weighted by Crippen LogP contribution is -2.36. The van der Waals surface area contributed by atoms with Gasteiger partial charge in [0.05, 0.1) is 10.0 Å². The number of sulfonamides is 1. The van der Waals surface area contributed by atoms with Gasteiger partial charge in [0.2, 0.25) is 0 Å². The van der Waals surface area contributed by atoms with E-state index in [2.05, 4.69) is 0 Å². The number of rotatable bonds is 4. The molecule has 2 aromatic rings. The molecule has 0 aliphatic rings. The van der Waals surface area contributed by atoms with E-state index in [1.807, 2.05) is 32.0 Å². The van der Waals surface area contributed by atoms with Crippen molar-refractivity contribution in [3.63, 3.8) is 0 Å². The Hall–Kier alpha value is -1.04. The average molecular weight is 316 g/mol. The van der Waals surface area contributed by atoms with Crippen LogP contribution in [0.5, 0.6) is 0 Å². The number of hydrogen-bond acceptors (Lipinski definition) is 3. The third-order valence-corrected chi connectivity index (χ3v) is 6.24. The molecule has 6 heteroatoms. The highest BCUT2D eigenvalue weighted by Gasteiger charge is 2.28. The minimum absolute atomic E-state index is 0.173. The molecule has 0 radical (unpaired) electrons. The van der Waals surface area contributed by atoms with Crippen LogP contribution in [0.3, 0.4) is 0 Å². The first-order valence-electron chi connectivity index (χ1n) is 5.78. The minimum Gasteiger partial charge on any atom is -0.263 e. The lowest BCUT2D eigenvalue weighted by Gasteiger charge is -2.27. The first kappa shape index (κ1) is 14.4.